The zero-order valence-electron chi connectivity index (χ0n) is 15.8. The van der Waals surface area contributed by atoms with E-state index in [2.05, 4.69) is 4.98 Å². The summed E-state index contributed by atoms with van der Waals surface area (Å²) in [6.45, 7) is 6.03. The lowest BCUT2D eigenvalue weighted by Gasteiger charge is -2.26. The largest absolute Gasteiger partial charge is 0.378 e. The third-order valence-corrected chi connectivity index (χ3v) is 5.78. The van der Waals surface area contributed by atoms with Gasteiger partial charge in [-0.15, -0.1) is 0 Å². The van der Waals surface area contributed by atoms with Gasteiger partial charge in [-0.3, -0.25) is 14.0 Å². The van der Waals surface area contributed by atoms with Crippen LogP contribution in [0.2, 0.25) is 0 Å². The van der Waals surface area contributed by atoms with Crippen molar-refractivity contribution in [2.45, 2.75) is 13.8 Å². The number of hydrogen-bond donors (Lipinski definition) is 0. The fourth-order valence-electron chi connectivity index (χ4n) is 3.08. The Labute approximate surface area is 166 Å². The molecule has 0 atom stereocenters. The van der Waals surface area contributed by atoms with E-state index in [0.717, 1.165) is 5.56 Å². The maximum atomic E-state index is 12.8. The predicted octanol–water partition coefficient (Wildman–Crippen LogP) is 3.02. The Morgan fingerprint density at radius 1 is 1.14 bits per heavy atom. The van der Waals surface area contributed by atoms with Crippen LogP contribution in [0.15, 0.2) is 35.3 Å². The molecule has 1 amide bonds. The number of carbonyl (C=O) groups excluding carboxylic acids is 1. The van der Waals surface area contributed by atoms with E-state index < -0.39 is 0 Å². The van der Waals surface area contributed by atoms with Gasteiger partial charge in [-0.1, -0.05) is 47.2 Å². The van der Waals surface area contributed by atoms with Gasteiger partial charge in [0.1, 0.15) is 4.88 Å². The maximum Gasteiger partial charge on any atom is 0.265 e. The summed E-state index contributed by atoms with van der Waals surface area (Å²) in [4.78, 5) is 32.9. The highest BCUT2D eigenvalue weighted by molar-refractivity contribution is 7.18. The fraction of sp³-hybridized carbons (Fsp3) is 0.286. The van der Waals surface area contributed by atoms with Crippen molar-refractivity contribution in [3.05, 3.63) is 68.1 Å². The Kier molecular flexibility index (Phi) is 5.11. The van der Waals surface area contributed by atoms with Crippen molar-refractivity contribution in [3.8, 4) is 0 Å². The van der Waals surface area contributed by atoms with Gasteiger partial charge in [0.05, 0.1) is 18.9 Å². The van der Waals surface area contributed by atoms with Crippen molar-refractivity contribution in [2.75, 3.05) is 26.3 Å². The quantitative estimate of drug-likeness (QED) is 0.684. The van der Waals surface area contributed by atoms with Crippen LogP contribution in [0, 0.1) is 13.8 Å². The van der Waals surface area contributed by atoms with Gasteiger partial charge >= 0.3 is 0 Å². The average Bonchev–Trinajstić information content (AvgIpc) is 3.15. The summed E-state index contributed by atoms with van der Waals surface area (Å²) >= 11 is 1.25. The smallest absolute Gasteiger partial charge is 0.265 e. The maximum absolute atomic E-state index is 12.8. The van der Waals surface area contributed by atoms with Gasteiger partial charge in [-0.25, -0.2) is 4.98 Å². The number of thiazole rings is 1. The Bertz CT molecular complexity index is 1110. The van der Waals surface area contributed by atoms with Crippen molar-refractivity contribution < 1.29 is 9.53 Å². The Balaban J connectivity index is 1.67. The van der Waals surface area contributed by atoms with Crippen LogP contribution in [0.5, 0.6) is 0 Å². The van der Waals surface area contributed by atoms with Crippen LogP contribution in [0.4, 0.5) is 0 Å². The SMILES string of the molecule is Cc1ccc(/C=C/c2nc3sc(C(=O)N4CCOCC4)cn3c(=O)c2C)cc1. The van der Waals surface area contributed by atoms with Crippen molar-refractivity contribution in [1.29, 1.82) is 0 Å². The topological polar surface area (TPSA) is 63.9 Å². The van der Waals surface area contributed by atoms with Gasteiger partial charge in [0.15, 0.2) is 4.96 Å². The molecule has 0 aliphatic carbocycles. The number of carbonyl (C=O) groups is 1. The zero-order chi connectivity index (χ0) is 19.7. The van der Waals surface area contributed by atoms with Gasteiger partial charge in [0.2, 0.25) is 0 Å². The van der Waals surface area contributed by atoms with Crippen LogP contribution in [-0.4, -0.2) is 46.5 Å². The number of rotatable bonds is 3. The molecular weight excluding hydrogens is 374 g/mol. The van der Waals surface area contributed by atoms with Crippen LogP contribution in [0.3, 0.4) is 0 Å². The molecule has 4 rings (SSSR count). The lowest BCUT2D eigenvalue weighted by atomic mass is 10.1. The minimum absolute atomic E-state index is 0.0763. The molecule has 2 aromatic heterocycles. The summed E-state index contributed by atoms with van der Waals surface area (Å²) in [7, 11) is 0. The molecule has 0 saturated carbocycles. The van der Waals surface area contributed by atoms with E-state index in [1.54, 1.807) is 18.0 Å². The second kappa shape index (κ2) is 7.69. The molecular formula is C21H21N3O3S. The summed E-state index contributed by atoms with van der Waals surface area (Å²) in [5.74, 6) is -0.0763. The van der Waals surface area contributed by atoms with Gasteiger partial charge in [0.25, 0.3) is 11.5 Å². The van der Waals surface area contributed by atoms with Crippen LogP contribution in [0.1, 0.15) is 32.1 Å². The van der Waals surface area contributed by atoms with E-state index in [1.165, 1.54) is 21.3 Å². The van der Waals surface area contributed by atoms with Gasteiger partial charge in [0, 0.05) is 24.8 Å². The highest BCUT2D eigenvalue weighted by Crippen LogP contribution is 2.19. The predicted molar refractivity (Wildman–Crippen MR) is 111 cm³/mol. The first-order valence-electron chi connectivity index (χ1n) is 9.17. The first kappa shape index (κ1) is 18.6. The van der Waals surface area contributed by atoms with E-state index in [1.807, 2.05) is 43.3 Å². The number of aryl methyl sites for hydroxylation is 1. The molecule has 0 N–H and O–H groups in total. The number of ether oxygens (including phenoxy) is 1. The van der Waals surface area contributed by atoms with Crippen molar-refractivity contribution in [2.24, 2.45) is 0 Å². The molecule has 6 nitrogen and oxygen atoms in total. The highest BCUT2D eigenvalue weighted by atomic mass is 32.1. The number of amides is 1. The summed E-state index contributed by atoms with van der Waals surface area (Å²) in [5.41, 5.74) is 3.27. The molecule has 28 heavy (non-hydrogen) atoms. The highest BCUT2D eigenvalue weighted by Gasteiger charge is 2.22. The minimum atomic E-state index is -0.147. The second-order valence-electron chi connectivity index (χ2n) is 6.82. The molecule has 7 heteroatoms. The number of fused-ring (bicyclic) bond motifs is 1. The molecule has 0 bridgehead atoms. The Hall–Kier alpha value is -2.77. The summed E-state index contributed by atoms with van der Waals surface area (Å²) < 4.78 is 6.77. The van der Waals surface area contributed by atoms with Crippen molar-refractivity contribution in [1.82, 2.24) is 14.3 Å². The first-order chi connectivity index (χ1) is 13.5. The fourth-order valence-corrected chi connectivity index (χ4v) is 4.03. The van der Waals surface area contributed by atoms with Gasteiger partial charge < -0.3 is 9.64 Å². The monoisotopic (exact) mass is 395 g/mol. The van der Waals surface area contributed by atoms with Gasteiger partial charge in [-0.2, -0.15) is 0 Å². The van der Waals surface area contributed by atoms with Crippen LogP contribution in [0.25, 0.3) is 17.1 Å². The summed E-state index contributed by atoms with van der Waals surface area (Å²) in [6, 6.07) is 8.13. The lowest BCUT2D eigenvalue weighted by Crippen LogP contribution is -2.40. The third kappa shape index (κ3) is 3.63. The molecule has 1 aromatic carbocycles. The van der Waals surface area contributed by atoms with Crippen molar-refractivity contribution in [3.63, 3.8) is 0 Å². The molecule has 0 unspecified atom stereocenters. The molecule has 144 valence electrons. The zero-order valence-corrected chi connectivity index (χ0v) is 16.7. The molecule has 0 spiro atoms. The molecule has 3 heterocycles. The van der Waals surface area contributed by atoms with Crippen LogP contribution in [-0.2, 0) is 4.74 Å². The van der Waals surface area contributed by atoms with Crippen LogP contribution < -0.4 is 5.56 Å². The minimum Gasteiger partial charge on any atom is -0.378 e. The molecule has 1 aliphatic heterocycles. The van der Waals surface area contributed by atoms with E-state index >= 15 is 0 Å². The van der Waals surface area contributed by atoms with E-state index in [4.69, 9.17) is 4.74 Å². The molecule has 3 aromatic rings. The molecule has 1 saturated heterocycles. The van der Waals surface area contributed by atoms with Crippen LogP contribution >= 0.6 is 11.3 Å². The van der Waals surface area contributed by atoms with E-state index in [9.17, 15) is 9.59 Å². The number of aromatic nitrogens is 2. The number of nitrogens with zero attached hydrogens (tertiary/aromatic N) is 3. The van der Waals surface area contributed by atoms with E-state index in [0.29, 0.717) is 47.4 Å². The first-order valence-corrected chi connectivity index (χ1v) is 9.99. The van der Waals surface area contributed by atoms with E-state index in [-0.39, 0.29) is 11.5 Å². The summed E-state index contributed by atoms with van der Waals surface area (Å²) in [6.07, 6.45) is 5.40. The average molecular weight is 395 g/mol. The lowest BCUT2D eigenvalue weighted by molar-refractivity contribution is 0.0306. The number of hydrogen-bond acceptors (Lipinski definition) is 5. The molecule has 1 fully saturated rings. The Morgan fingerprint density at radius 3 is 2.57 bits per heavy atom. The molecule has 1 aliphatic rings. The Morgan fingerprint density at radius 2 is 1.86 bits per heavy atom. The number of morpholine rings is 1. The van der Waals surface area contributed by atoms with Gasteiger partial charge in [-0.05, 0) is 25.5 Å². The normalized spacial score (nSPS) is 14.9. The summed E-state index contributed by atoms with van der Waals surface area (Å²) in [5, 5.41) is 0. The standard InChI is InChI=1S/C21H21N3O3S/c1-14-3-5-16(6-4-14)7-8-17-15(2)19(25)24-13-18(28-21(24)22-17)20(26)23-9-11-27-12-10-23/h3-8,13H,9-12H2,1-2H3/b8-7+. The van der Waals surface area contributed by atoms with Crippen molar-refractivity contribution >= 4 is 34.4 Å². The molecule has 0 radical (unpaired) electrons. The third-order valence-electron chi connectivity index (χ3n) is 4.81. The number of benzene rings is 1. The second-order valence-corrected chi connectivity index (χ2v) is 7.83.